The number of hydrogen-bond donors (Lipinski definition) is 1. The van der Waals surface area contributed by atoms with Gasteiger partial charge in [-0.1, -0.05) is 18.2 Å². The monoisotopic (exact) mass is 433 g/mol. The topological polar surface area (TPSA) is 81.1 Å². The van der Waals surface area contributed by atoms with Gasteiger partial charge < -0.3 is 5.32 Å². The molecule has 1 saturated heterocycles. The Hall–Kier alpha value is -2.52. The highest BCUT2D eigenvalue weighted by molar-refractivity contribution is 7.91. The Kier molecular flexibility index (Phi) is 5.51. The number of nitrogens with one attached hydrogen (secondary N) is 1. The first kappa shape index (κ1) is 19.8. The van der Waals surface area contributed by atoms with Gasteiger partial charge in [-0.25, -0.2) is 12.8 Å². The summed E-state index contributed by atoms with van der Waals surface area (Å²) in [6, 6.07) is 11.4. The molecular formula is C20H20FN3O3S2. The van der Waals surface area contributed by atoms with Gasteiger partial charge in [0.1, 0.15) is 5.82 Å². The van der Waals surface area contributed by atoms with Crippen LogP contribution < -0.4 is 5.32 Å². The van der Waals surface area contributed by atoms with Gasteiger partial charge in [-0.2, -0.15) is 5.10 Å². The van der Waals surface area contributed by atoms with Crippen molar-refractivity contribution >= 4 is 27.1 Å². The maximum Gasteiger partial charge on any atom is 0.271 e. The second-order valence-electron chi connectivity index (χ2n) is 7.03. The molecule has 0 spiro atoms. The van der Waals surface area contributed by atoms with E-state index in [9.17, 15) is 17.6 Å². The van der Waals surface area contributed by atoms with E-state index in [1.54, 1.807) is 22.9 Å². The zero-order valence-electron chi connectivity index (χ0n) is 15.5. The molecule has 4 rings (SSSR count). The molecule has 9 heteroatoms. The molecule has 1 amide bonds. The number of carbonyl (C=O) groups is 1. The second-order valence-corrected chi connectivity index (χ2v) is 10.2. The van der Waals surface area contributed by atoms with Crippen molar-refractivity contribution in [1.82, 2.24) is 15.1 Å². The zero-order valence-corrected chi connectivity index (χ0v) is 17.2. The number of hydrogen-bond acceptors (Lipinski definition) is 5. The maximum absolute atomic E-state index is 13.0. The van der Waals surface area contributed by atoms with Gasteiger partial charge >= 0.3 is 0 Å². The minimum absolute atomic E-state index is 0.0404. The first-order chi connectivity index (χ1) is 13.9. The maximum atomic E-state index is 13.0. The SMILES string of the molecule is O=C(NCCc1ccc(F)cc1)c1cc(-c2cccs2)n([C@@H]2CCS(=O)(=O)C2)n1. The molecule has 0 unspecified atom stereocenters. The molecule has 0 radical (unpaired) electrons. The van der Waals surface area contributed by atoms with Gasteiger partial charge in [0.15, 0.2) is 15.5 Å². The van der Waals surface area contributed by atoms with E-state index < -0.39 is 9.84 Å². The van der Waals surface area contributed by atoms with E-state index in [-0.39, 0.29) is 35.0 Å². The van der Waals surface area contributed by atoms with E-state index in [0.29, 0.717) is 19.4 Å². The standard InChI is InChI=1S/C20H20FN3O3S2/c21-15-5-3-14(4-6-15)7-9-22-20(25)17-12-18(19-2-1-10-28-19)24(23-17)16-8-11-29(26,27)13-16/h1-6,10,12,16H,7-9,11,13H2,(H,22,25)/t16-/m1/s1. The van der Waals surface area contributed by atoms with Gasteiger partial charge in [0.05, 0.1) is 28.1 Å². The molecule has 0 bridgehead atoms. The molecule has 2 aromatic heterocycles. The van der Waals surface area contributed by atoms with Crippen LogP contribution in [0.15, 0.2) is 47.8 Å². The van der Waals surface area contributed by atoms with E-state index in [4.69, 9.17) is 0 Å². The average molecular weight is 434 g/mol. The van der Waals surface area contributed by atoms with Gasteiger partial charge in [-0.3, -0.25) is 9.48 Å². The summed E-state index contributed by atoms with van der Waals surface area (Å²) in [5.41, 5.74) is 1.94. The lowest BCUT2D eigenvalue weighted by atomic mass is 10.1. The average Bonchev–Trinajstić information content (AvgIpc) is 3.41. The number of benzene rings is 1. The molecule has 29 heavy (non-hydrogen) atoms. The van der Waals surface area contributed by atoms with E-state index in [1.165, 1.54) is 23.5 Å². The van der Waals surface area contributed by atoms with Crippen LogP contribution in [0.2, 0.25) is 0 Å². The number of aromatic nitrogens is 2. The van der Waals surface area contributed by atoms with Crippen LogP contribution in [0, 0.1) is 5.82 Å². The number of amides is 1. The second kappa shape index (κ2) is 8.08. The van der Waals surface area contributed by atoms with Crippen molar-refractivity contribution in [2.24, 2.45) is 0 Å². The van der Waals surface area contributed by atoms with Crippen LogP contribution in [0.3, 0.4) is 0 Å². The Morgan fingerprint density at radius 1 is 1.28 bits per heavy atom. The minimum atomic E-state index is -3.07. The van der Waals surface area contributed by atoms with Crippen molar-refractivity contribution in [2.45, 2.75) is 18.9 Å². The van der Waals surface area contributed by atoms with E-state index in [1.807, 2.05) is 17.5 Å². The van der Waals surface area contributed by atoms with Crippen LogP contribution in [0.4, 0.5) is 4.39 Å². The fraction of sp³-hybridized carbons (Fsp3) is 0.300. The molecule has 1 atom stereocenters. The largest absolute Gasteiger partial charge is 0.350 e. The zero-order chi connectivity index (χ0) is 20.4. The van der Waals surface area contributed by atoms with Crippen LogP contribution in [0.25, 0.3) is 10.6 Å². The van der Waals surface area contributed by atoms with Crippen molar-refractivity contribution in [3.63, 3.8) is 0 Å². The molecule has 1 aliphatic heterocycles. The normalized spacial score (nSPS) is 18.0. The Labute approximate surface area is 172 Å². The molecule has 1 aromatic carbocycles. The third-order valence-corrected chi connectivity index (χ3v) is 7.55. The molecule has 0 aliphatic carbocycles. The van der Waals surface area contributed by atoms with E-state index in [0.717, 1.165) is 16.1 Å². The summed E-state index contributed by atoms with van der Waals surface area (Å²) in [5, 5.41) is 9.21. The fourth-order valence-electron chi connectivity index (χ4n) is 3.42. The number of carbonyl (C=O) groups excluding carboxylic acids is 1. The number of thiophene rings is 1. The van der Waals surface area contributed by atoms with Crippen molar-refractivity contribution in [3.8, 4) is 10.6 Å². The minimum Gasteiger partial charge on any atom is -0.350 e. The Balaban J connectivity index is 1.50. The molecule has 6 nitrogen and oxygen atoms in total. The van der Waals surface area contributed by atoms with Gasteiger partial charge in [0, 0.05) is 6.54 Å². The van der Waals surface area contributed by atoms with E-state index in [2.05, 4.69) is 10.4 Å². The molecule has 152 valence electrons. The lowest BCUT2D eigenvalue weighted by Crippen LogP contribution is -2.26. The summed E-state index contributed by atoms with van der Waals surface area (Å²) in [5.74, 6) is -0.429. The number of nitrogens with zero attached hydrogens (tertiary/aromatic N) is 2. The van der Waals surface area contributed by atoms with Crippen molar-refractivity contribution in [1.29, 1.82) is 0 Å². The third-order valence-electron chi connectivity index (χ3n) is 4.91. The van der Waals surface area contributed by atoms with Crippen molar-refractivity contribution < 1.29 is 17.6 Å². The molecule has 0 saturated carbocycles. The summed E-state index contributed by atoms with van der Waals surface area (Å²) in [6.07, 6.45) is 1.07. The number of rotatable bonds is 6. The van der Waals surface area contributed by atoms with Gasteiger partial charge in [0.25, 0.3) is 5.91 Å². The quantitative estimate of drug-likeness (QED) is 0.648. The van der Waals surface area contributed by atoms with Crippen LogP contribution in [0.1, 0.15) is 28.5 Å². The van der Waals surface area contributed by atoms with Crippen LogP contribution in [-0.4, -0.2) is 42.2 Å². The summed E-state index contributed by atoms with van der Waals surface area (Å²) >= 11 is 1.52. The van der Waals surface area contributed by atoms with Gasteiger partial charge in [-0.05, 0) is 48.1 Å². The number of halogens is 1. The third kappa shape index (κ3) is 4.56. The predicted octanol–water partition coefficient (Wildman–Crippen LogP) is 3.08. The summed E-state index contributed by atoms with van der Waals surface area (Å²) in [6.45, 7) is 0.392. The van der Waals surface area contributed by atoms with Gasteiger partial charge in [0.2, 0.25) is 0 Å². The molecule has 3 heterocycles. The van der Waals surface area contributed by atoms with Gasteiger partial charge in [-0.15, -0.1) is 11.3 Å². The number of sulfone groups is 1. The highest BCUT2D eigenvalue weighted by Gasteiger charge is 2.32. The molecule has 3 aromatic rings. The fourth-order valence-corrected chi connectivity index (χ4v) is 5.85. The lowest BCUT2D eigenvalue weighted by molar-refractivity contribution is 0.0948. The van der Waals surface area contributed by atoms with Crippen LogP contribution in [-0.2, 0) is 16.3 Å². The Bertz CT molecular complexity index is 1110. The first-order valence-corrected chi connectivity index (χ1v) is 12.0. The molecule has 1 aliphatic rings. The Morgan fingerprint density at radius 3 is 2.72 bits per heavy atom. The van der Waals surface area contributed by atoms with Crippen LogP contribution >= 0.6 is 11.3 Å². The lowest BCUT2D eigenvalue weighted by Gasteiger charge is -2.12. The summed E-state index contributed by atoms with van der Waals surface area (Å²) in [7, 11) is -3.07. The van der Waals surface area contributed by atoms with Crippen molar-refractivity contribution in [2.75, 3.05) is 18.1 Å². The first-order valence-electron chi connectivity index (χ1n) is 9.28. The predicted molar refractivity (Wildman–Crippen MR) is 110 cm³/mol. The summed E-state index contributed by atoms with van der Waals surface area (Å²) < 4.78 is 38.5. The molecule has 1 fully saturated rings. The molecular weight excluding hydrogens is 413 g/mol. The van der Waals surface area contributed by atoms with Crippen molar-refractivity contribution in [3.05, 3.63) is 64.9 Å². The summed E-state index contributed by atoms with van der Waals surface area (Å²) in [4.78, 5) is 13.5. The highest BCUT2D eigenvalue weighted by Crippen LogP contribution is 2.32. The Morgan fingerprint density at radius 2 is 2.07 bits per heavy atom. The highest BCUT2D eigenvalue weighted by atomic mass is 32.2. The van der Waals surface area contributed by atoms with Crippen LogP contribution in [0.5, 0.6) is 0 Å². The van der Waals surface area contributed by atoms with E-state index >= 15 is 0 Å². The smallest absolute Gasteiger partial charge is 0.271 e. The molecule has 1 N–H and O–H groups in total.